The van der Waals surface area contributed by atoms with Crippen molar-refractivity contribution in [3.8, 4) is 16.9 Å². The van der Waals surface area contributed by atoms with Crippen molar-refractivity contribution < 1.29 is 14.3 Å². The molecule has 4 nitrogen and oxygen atoms in total. The highest BCUT2D eigenvalue weighted by Crippen LogP contribution is 2.50. The number of unbranched alkanes of at least 4 members (excludes halogenated alkanes) is 2. The minimum absolute atomic E-state index is 0.388. The van der Waals surface area contributed by atoms with Crippen molar-refractivity contribution in [3.63, 3.8) is 0 Å². The van der Waals surface area contributed by atoms with Crippen molar-refractivity contribution in [2.24, 2.45) is 0 Å². The van der Waals surface area contributed by atoms with Gasteiger partial charge in [0, 0.05) is 46.4 Å². The van der Waals surface area contributed by atoms with Gasteiger partial charge in [0.15, 0.2) is 5.60 Å². The second-order valence-electron chi connectivity index (χ2n) is 13.8. The first-order valence-corrected chi connectivity index (χ1v) is 19.0. The molecule has 0 saturated carbocycles. The zero-order chi connectivity index (χ0) is 36.1. The van der Waals surface area contributed by atoms with Gasteiger partial charge in [-0.25, -0.2) is 4.79 Å². The van der Waals surface area contributed by atoms with E-state index in [9.17, 15) is 4.79 Å². The largest absolute Gasteiger partial charge is 0.472 e. The van der Waals surface area contributed by atoms with Crippen molar-refractivity contribution in [1.29, 1.82) is 0 Å². The number of carbonyl (C=O) groups is 1. The van der Waals surface area contributed by atoms with Gasteiger partial charge in [0.25, 0.3) is 0 Å². The molecule has 0 radical (unpaired) electrons. The summed E-state index contributed by atoms with van der Waals surface area (Å²) in [6.07, 6.45) is 16.0. The Morgan fingerprint density at radius 2 is 1.42 bits per heavy atom. The maximum Gasteiger partial charge on any atom is 0.339 e. The van der Waals surface area contributed by atoms with Crippen molar-refractivity contribution in [2.45, 2.75) is 64.9 Å². The molecule has 0 amide bonds. The highest BCUT2D eigenvalue weighted by molar-refractivity contribution is 6.14. The standard InChI is InChI=1S/C48H49NO3/c1-5-8-10-15-34-20-22-35(23-21-34)36-24-26-37(27-25-36)44-41-18-13-14-19-42(41)46-43(45(44)47(50)51-4)32-33-48(52-46,38-16-11-9-12-17-38)39-28-30-40(31-29-39)49(6-2)7-3/h9,11-14,16-20,22,24-33H,5-8,10,15,21,23H2,1-4H3. The molecule has 264 valence electrons. The molecule has 2 aliphatic rings. The molecule has 0 aromatic heterocycles. The van der Waals surface area contributed by atoms with E-state index < -0.39 is 5.60 Å². The van der Waals surface area contributed by atoms with Crippen LogP contribution in [0.3, 0.4) is 0 Å². The van der Waals surface area contributed by atoms with E-state index in [-0.39, 0.29) is 5.97 Å². The molecule has 52 heavy (non-hydrogen) atoms. The number of hydrogen-bond donors (Lipinski definition) is 0. The third kappa shape index (κ3) is 6.59. The van der Waals surface area contributed by atoms with E-state index in [1.807, 2.05) is 30.3 Å². The fraction of sp³-hybridized carbons (Fsp3) is 0.271. The zero-order valence-electron chi connectivity index (χ0n) is 31.0. The number of anilines is 1. The van der Waals surface area contributed by atoms with E-state index in [4.69, 9.17) is 9.47 Å². The van der Waals surface area contributed by atoms with Crippen LogP contribution < -0.4 is 9.64 Å². The van der Waals surface area contributed by atoms with Gasteiger partial charge in [-0.1, -0.05) is 128 Å². The molecule has 0 saturated heterocycles. The van der Waals surface area contributed by atoms with E-state index >= 15 is 0 Å². The number of esters is 1. The highest BCUT2D eigenvalue weighted by atomic mass is 16.5. The second kappa shape index (κ2) is 15.5. The van der Waals surface area contributed by atoms with Crippen molar-refractivity contribution in [2.75, 3.05) is 25.1 Å². The van der Waals surface area contributed by atoms with E-state index in [1.165, 1.54) is 49.6 Å². The lowest BCUT2D eigenvalue weighted by molar-refractivity contribution is 0.0600. The number of allylic oxidation sites excluding steroid dienone is 4. The van der Waals surface area contributed by atoms with Crippen LogP contribution in [0.4, 0.5) is 5.69 Å². The number of hydrogen-bond acceptors (Lipinski definition) is 4. The lowest BCUT2D eigenvalue weighted by atomic mass is 9.81. The molecule has 0 fully saturated rings. The summed E-state index contributed by atoms with van der Waals surface area (Å²) < 4.78 is 12.8. The predicted octanol–water partition coefficient (Wildman–Crippen LogP) is 12.2. The van der Waals surface area contributed by atoms with Gasteiger partial charge in [-0.05, 0) is 85.9 Å². The molecule has 5 aromatic carbocycles. The van der Waals surface area contributed by atoms with E-state index in [2.05, 4.69) is 123 Å². The third-order valence-corrected chi connectivity index (χ3v) is 10.9. The van der Waals surface area contributed by atoms with Crippen LogP contribution in [0.25, 0.3) is 33.5 Å². The Balaban J connectivity index is 1.34. The van der Waals surface area contributed by atoms with Gasteiger partial charge >= 0.3 is 5.97 Å². The lowest BCUT2D eigenvalue weighted by Gasteiger charge is -2.37. The lowest BCUT2D eigenvalue weighted by Crippen LogP contribution is -2.35. The smallest absolute Gasteiger partial charge is 0.339 e. The number of rotatable bonds is 12. The number of benzene rings is 5. The summed E-state index contributed by atoms with van der Waals surface area (Å²) in [5.41, 5.74) is 9.48. The van der Waals surface area contributed by atoms with Crippen LogP contribution >= 0.6 is 0 Å². The zero-order valence-corrected chi connectivity index (χ0v) is 31.0. The second-order valence-corrected chi connectivity index (χ2v) is 13.8. The molecule has 0 spiro atoms. The van der Waals surface area contributed by atoms with Crippen LogP contribution in [0.2, 0.25) is 0 Å². The Kier molecular flexibility index (Phi) is 10.4. The normalized spacial score (nSPS) is 16.5. The quantitative estimate of drug-likeness (QED) is 0.0967. The van der Waals surface area contributed by atoms with Crippen LogP contribution in [-0.2, 0) is 10.3 Å². The Morgan fingerprint density at radius 1 is 0.750 bits per heavy atom. The van der Waals surface area contributed by atoms with Gasteiger partial charge in [0.05, 0.1) is 12.7 Å². The van der Waals surface area contributed by atoms with Gasteiger partial charge < -0.3 is 14.4 Å². The molecule has 0 bridgehead atoms. The summed E-state index contributed by atoms with van der Waals surface area (Å²) in [7, 11) is 1.45. The summed E-state index contributed by atoms with van der Waals surface area (Å²) in [5.74, 6) is 0.283. The average Bonchev–Trinajstić information content (AvgIpc) is 3.21. The van der Waals surface area contributed by atoms with Crippen molar-refractivity contribution in [1.82, 2.24) is 0 Å². The molecule has 7 rings (SSSR count). The minimum atomic E-state index is -0.909. The molecule has 1 atom stereocenters. The molecule has 1 aliphatic carbocycles. The Hall–Kier alpha value is -5.35. The first-order chi connectivity index (χ1) is 25.5. The summed E-state index contributed by atoms with van der Waals surface area (Å²) in [6.45, 7) is 8.48. The maximum atomic E-state index is 13.9. The van der Waals surface area contributed by atoms with Crippen LogP contribution in [0, 0.1) is 0 Å². The van der Waals surface area contributed by atoms with Gasteiger partial charge in [0.1, 0.15) is 5.75 Å². The molecular formula is C48H49NO3. The SMILES string of the molecule is CCCCCC1=CC=C(c2ccc(-c3c(C(=O)OC)c4c(c5ccccc35)OC(c3ccccc3)(c3ccc(N(CC)CC)cc3)C=C4)cc2)CC1. The Labute approximate surface area is 309 Å². The number of carbonyl (C=O) groups excluding carboxylic acids is 1. The molecule has 4 heteroatoms. The Morgan fingerprint density at radius 3 is 2.08 bits per heavy atom. The van der Waals surface area contributed by atoms with E-state index in [0.29, 0.717) is 11.3 Å². The number of ether oxygens (including phenoxy) is 2. The van der Waals surface area contributed by atoms with Crippen LogP contribution in [0.1, 0.15) is 91.9 Å². The highest BCUT2D eigenvalue weighted by Gasteiger charge is 2.40. The first kappa shape index (κ1) is 35.1. The van der Waals surface area contributed by atoms with Crippen molar-refractivity contribution in [3.05, 3.63) is 155 Å². The van der Waals surface area contributed by atoms with Crippen LogP contribution in [0.15, 0.2) is 127 Å². The Bertz CT molecular complexity index is 2140. The number of nitrogens with zero attached hydrogens (tertiary/aromatic N) is 1. The predicted molar refractivity (Wildman–Crippen MR) is 217 cm³/mol. The molecule has 5 aromatic rings. The van der Waals surface area contributed by atoms with E-state index in [1.54, 1.807) is 5.57 Å². The average molecular weight is 688 g/mol. The van der Waals surface area contributed by atoms with Crippen LogP contribution in [-0.4, -0.2) is 26.2 Å². The molecule has 1 unspecified atom stereocenters. The third-order valence-electron chi connectivity index (χ3n) is 10.9. The topological polar surface area (TPSA) is 38.8 Å². The monoisotopic (exact) mass is 687 g/mol. The van der Waals surface area contributed by atoms with Gasteiger partial charge in [0.2, 0.25) is 0 Å². The van der Waals surface area contributed by atoms with Gasteiger partial charge in [-0.2, -0.15) is 0 Å². The first-order valence-electron chi connectivity index (χ1n) is 19.0. The summed E-state index contributed by atoms with van der Waals surface area (Å²) >= 11 is 0. The fourth-order valence-electron chi connectivity index (χ4n) is 7.96. The number of fused-ring (bicyclic) bond motifs is 3. The number of methoxy groups -OCH3 is 1. The van der Waals surface area contributed by atoms with E-state index in [0.717, 1.165) is 64.5 Å². The summed E-state index contributed by atoms with van der Waals surface area (Å²) in [5, 5.41) is 1.89. The summed E-state index contributed by atoms with van der Waals surface area (Å²) in [6, 6.07) is 36.0. The maximum absolute atomic E-state index is 13.9. The van der Waals surface area contributed by atoms with Crippen LogP contribution in [0.5, 0.6) is 5.75 Å². The minimum Gasteiger partial charge on any atom is -0.472 e. The van der Waals surface area contributed by atoms with Gasteiger partial charge in [-0.15, -0.1) is 0 Å². The summed E-state index contributed by atoms with van der Waals surface area (Å²) in [4.78, 5) is 16.2. The molecule has 1 aliphatic heterocycles. The molecule has 1 heterocycles. The van der Waals surface area contributed by atoms with Gasteiger partial charge in [-0.3, -0.25) is 0 Å². The van der Waals surface area contributed by atoms with Crippen molar-refractivity contribution >= 4 is 34.1 Å². The molecular weight excluding hydrogens is 639 g/mol. The molecule has 0 N–H and O–H groups in total. The fourth-order valence-corrected chi connectivity index (χ4v) is 7.96.